The fourth-order valence-electron chi connectivity index (χ4n) is 1.51. The highest BCUT2D eigenvalue weighted by Crippen LogP contribution is 2.14. The average molecular weight is 262 g/mol. The summed E-state index contributed by atoms with van der Waals surface area (Å²) in [4.78, 5) is 28.1. The first kappa shape index (κ1) is 14.9. The Labute approximate surface area is 112 Å². The average Bonchev–Trinajstić information content (AvgIpc) is 2.33. The quantitative estimate of drug-likeness (QED) is 0.840. The number of carboxylic acids is 1. The number of rotatable bonds is 4. The van der Waals surface area contributed by atoms with E-state index in [1.54, 1.807) is 45.3 Å². The van der Waals surface area contributed by atoms with Gasteiger partial charge in [-0.15, -0.1) is 0 Å². The van der Waals surface area contributed by atoms with Crippen LogP contribution in [0.4, 0.5) is 0 Å². The smallest absolute Gasteiger partial charge is 0.323 e. The van der Waals surface area contributed by atoms with E-state index in [4.69, 9.17) is 5.11 Å². The van der Waals surface area contributed by atoms with Crippen molar-refractivity contribution in [1.82, 2.24) is 9.88 Å². The summed E-state index contributed by atoms with van der Waals surface area (Å²) in [7, 11) is 0. The van der Waals surface area contributed by atoms with Crippen LogP contribution in [-0.4, -0.2) is 39.0 Å². The third-order valence-corrected chi connectivity index (χ3v) is 2.47. The maximum Gasteiger partial charge on any atom is 0.323 e. The lowest BCUT2D eigenvalue weighted by Gasteiger charge is -2.33. The van der Waals surface area contributed by atoms with Gasteiger partial charge >= 0.3 is 5.97 Å². The summed E-state index contributed by atoms with van der Waals surface area (Å²) in [6, 6.07) is 3.58. The normalized spacial score (nSPS) is 11.5. The summed E-state index contributed by atoms with van der Waals surface area (Å²) < 4.78 is 0. The lowest BCUT2D eigenvalue weighted by molar-refractivity contribution is -0.145. The van der Waals surface area contributed by atoms with Gasteiger partial charge in [-0.3, -0.25) is 14.6 Å². The number of aliphatic carboxylic acids is 1. The molecule has 0 spiro atoms. The van der Waals surface area contributed by atoms with Gasteiger partial charge in [-0.1, -0.05) is 6.07 Å². The molecule has 19 heavy (non-hydrogen) atoms. The van der Waals surface area contributed by atoms with Gasteiger partial charge < -0.3 is 10.0 Å². The molecule has 1 aromatic heterocycles. The van der Waals surface area contributed by atoms with E-state index in [9.17, 15) is 9.59 Å². The number of carboxylic acid groups (broad SMARTS) is 1. The van der Waals surface area contributed by atoms with Crippen molar-refractivity contribution < 1.29 is 14.7 Å². The Morgan fingerprint density at radius 1 is 1.42 bits per heavy atom. The third-order valence-electron chi connectivity index (χ3n) is 2.47. The van der Waals surface area contributed by atoms with Crippen LogP contribution >= 0.6 is 0 Å². The number of amides is 1. The molecule has 0 aromatic carbocycles. The molecule has 1 aromatic rings. The van der Waals surface area contributed by atoms with Crippen LogP contribution in [0, 0.1) is 0 Å². The Morgan fingerprint density at radius 2 is 2.11 bits per heavy atom. The first-order chi connectivity index (χ1) is 8.80. The van der Waals surface area contributed by atoms with Crippen LogP contribution in [0.1, 0.15) is 26.3 Å². The molecule has 0 fully saturated rings. The van der Waals surface area contributed by atoms with Crippen molar-refractivity contribution in [2.45, 2.75) is 26.3 Å². The number of pyridine rings is 1. The predicted molar refractivity (Wildman–Crippen MR) is 72.4 cm³/mol. The molecule has 1 heterocycles. The number of nitrogens with zero attached hydrogens (tertiary/aromatic N) is 2. The molecule has 1 rings (SSSR count). The summed E-state index contributed by atoms with van der Waals surface area (Å²) >= 11 is 0. The molecule has 102 valence electrons. The van der Waals surface area contributed by atoms with Crippen molar-refractivity contribution in [3.8, 4) is 0 Å². The maximum atomic E-state index is 12.1. The third kappa shape index (κ3) is 4.91. The van der Waals surface area contributed by atoms with Gasteiger partial charge in [0.2, 0.25) is 5.91 Å². The van der Waals surface area contributed by atoms with Crippen molar-refractivity contribution in [3.05, 3.63) is 36.2 Å². The number of hydrogen-bond donors (Lipinski definition) is 1. The minimum Gasteiger partial charge on any atom is -0.480 e. The first-order valence-corrected chi connectivity index (χ1v) is 5.92. The van der Waals surface area contributed by atoms with E-state index in [1.807, 2.05) is 6.07 Å². The van der Waals surface area contributed by atoms with E-state index in [1.165, 1.54) is 11.0 Å². The van der Waals surface area contributed by atoms with Crippen LogP contribution in [0.15, 0.2) is 30.6 Å². The van der Waals surface area contributed by atoms with E-state index in [2.05, 4.69) is 4.98 Å². The Kier molecular flexibility index (Phi) is 4.80. The second-order valence-corrected chi connectivity index (χ2v) is 5.11. The highest BCUT2D eigenvalue weighted by atomic mass is 16.4. The summed E-state index contributed by atoms with van der Waals surface area (Å²) in [6.07, 6.45) is 6.26. The SMILES string of the molecule is CC(C)(C)N(CC(=O)O)C(=O)C=Cc1cccnc1. The summed E-state index contributed by atoms with van der Waals surface area (Å²) in [5, 5.41) is 8.85. The van der Waals surface area contributed by atoms with Gasteiger partial charge in [0.1, 0.15) is 6.54 Å². The maximum absolute atomic E-state index is 12.1. The van der Waals surface area contributed by atoms with Crippen molar-refractivity contribution in [1.29, 1.82) is 0 Å². The van der Waals surface area contributed by atoms with E-state index < -0.39 is 11.5 Å². The van der Waals surface area contributed by atoms with Crippen molar-refractivity contribution in [2.75, 3.05) is 6.54 Å². The van der Waals surface area contributed by atoms with Crippen LogP contribution in [0.5, 0.6) is 0 Å². The molecule has 0 bridgehead atoms. The van der Waals surface area contributed by atoms with Gasteiger partial charge in [-0.25, -0.2) is 0 Å². The molecule has 5 heteroatoms. The minimum atomic E-state index is -1.03. The van der Waals surface area contributed by atoms with Crippen LogP contribution in [0.3, 0.4) is 0 Å². The lowest BCUT2D eigenvalue weighted by Crippen LogP contribution is -2.47. The number of carbonyl (C=O) groups is 2. The molecule has 0 aliphatic rings. The highest BCUT2D eigenvalue weighted by molar-refractivity contribution is 5.94. The van der Waals surface area contributed by atoms with Crippen molar-refractivity contribution in [3.63, 3.8) is 0 Å². The van der Waals surface area contributed by atoms with Crippen molar-refractivity contribution in [2.24, 2.45) is 0 Å². The van der Waals surface area contributed by atoms with Gasteiger partial charge in [-0.05, 0) is 38.5 Å². The molecule has 0 unspecified atom stereocenters. The lowest BCUT2D eigenvalue weighted by atomic mass is 10.1. The van der Waals surface area contributed by atoms with Crippen molar-refractivity contribution >= 4 is 18.0 Å². The Morgan fingerprint density at radius 3 is 2.58 bits per heavy atom. The molecular weight excluding hydrogens is 244 g/mol. The Balaban J connectivity index is 2.83. The largest absolute Gasteiger partial charge is 0.480 e. The van der Waals surface area contributed by atoms with Gasteiger partial charge in [0, 0.05) is 24.0 Å². The molecule has 0 aliphatic heterocycles. The second kappa shape index (κ2) is 6.13. The van der Waals surface area contributed by atoms with E-state index in [0.717, 1.165) is 5.56 Å². The van der Waals surface area contributed by atoms with Crippen LogP contribution in [-0.2, 0) is 9.59 Å². The topological polar surface area (TPSA) is 70.5 Å². The highest BCUT2D eigenvalue weighted by Gasteiger charge is 2.26. The second-order valence-electron chi connectivity index (χ2n) is 5.11. The molecule has 0 atom stereocenters. The first-order valence-electron chi connectivity index (χ1n) is 5.92. The predicted octanol–water partition coefficient (Wildman–Crippen LogP) is 1.81. The zero-order valence-electron chi connectivity index (χ0n) is 11.3. The fraction of sp³-hybridized carbons (Fsp3) is 0.357. The standard InChI is InChI=1S/C14H18N2O3/c1-14(2,3)16(10-13(18)19)12(17)7-6-11-5-4-8-15-9-11/h4-9H,10H2,1-3H3,(H,18,19). The monoisotopic (exact) mass is 262 g/mol. The number of hydrogen-bond acceptors (Lipinski definition) is 3. The minimum absolute atomic E-state index is 0.320. The van der Waals surface area contributed by atoms with E-state index in [-0.39, 0.29) is 12.5 Å². The Hall–Kier alpha value is -2.17. The van der Waals surface area contributed by atoms with Crippen LogP contribution in [0.2, 0.25) is 0 Å². The zero-order chi connectivity index (χ0) is 14.5. The van der Waals surface area contributed by atoms with E-state index in [0.29, 0.717) is 0 Å². The van der Waals surface area contributed by atoms with Gasteiger partial charge in [0.05, 0.1) is 0 Å². The summed E-state index contributed by atoms with van der Waals surface area (Å²) in [6.45, 7) is 5.07. The summed E-state index contributed by atoms with van der Waals surface area (Å²) in [5.74, 6) is -1.36. The molecular formula is C14H18N2O3. The molecule has 0 radical (unpaired) electrons. The molecule has 5 nitrogen and oxygen atoms in total. The number of aromatic nitrogens is 1. The fourth-order valence-corrected chi connectivity index (χ4v) is 1.51. The zero-order valence-corrected chi connectivity index (χ0v) is 11.3. The van der Waals surface area contributed by atoms with Gasteiger partial charge in [0.25, 0.3) is 0 Å². The molecule has 0 saturated carbocycles. The molecule has 0 saturated heterocycles. The molecule has 1 amide bonds. The van der Waals surface area contributed by atoms with Crippen LogP contribution in [0.25, 0.3) is 6.08 Å². The van der Waals surface area contributed by atoms with Gasteiger partial charge in [0.15, 0.2) is 0 Å². The summed E-state index contributed by atoms with van der Waals surface area (Å²) in [5.41, 5.74) is 0.245. The Bertz CT molecular complexity index is 475. The van der Waals surface area contributed by atoms with Gasteiger partial charge in [-0.2, -0.15) is 0 Å². The van der Waals surface area contributed by atoms with Crippen LogP contribution < -0.4 is 0 Å². The molecule has 1 N–H and O–H groups in total. The number of carbonyl (C=O) groups excluding carboxylic acids is 1. The molecule has 0 aliphatic carbocycles. The van der Waals surface area contributed by atoms with E-state index >= 15 is 0 Å².